The van der Waals surface area contributed by atoms with Crippen molar-refractivity contribution in [2.24, 2.45) is 13.0 Å². The molecule has 7 nitrogen and oxygen atoms in total. The lowest BCUT2D eigenvalue weighted by atomic mass is 10.0. The zero-order valence-corrected chi connectivity index (χ0v) is 14.0. The summed E-state index contributed by atoms with van der Waals surface area (Å²) in [5.74, 6) is 0.235. The number of aromatic nitrogens is 2. The minimum absolute atomic E-state index is 0.0331. The second-order valence-corrected chi connectivity index (χ2v) is 6.28. The summed E-state index contributed by atoms with van der Waals surface area (Å²) in [7, 11) is 5.31. The largest absolute Gasteiger partial charge is 0.351 e. The number of carbonyl (C=O) groups is 1. The molecule has 0 saturated heterocycles. The minimum atomic E-state index is -0.490. The zero-order valence-electron chi connectivity index (χ0n) is 14.0. The van der Waals surface area contributed by atoms with Crippen molar-refractivity contribution in [3.8, 4) is 0 Å². The quantitative estimate of drug-likeness (QED) is 0.746. The number of carbonyl (C=O) groups excluding carboxylic acids is 1. The summed E-state index contributed by atoms with van der Waals surface area (Å²) in [6.07, 6.45) is 2.22. The molecular formula is C15H26N4O3. The van der Waals surface area contributed by atoms with Crippen LogP contribution in [0, 0.1) is 5.92 Å². The van der Waals surface area contributed by atoms with Crippen molar-refractivity contribution in [3.63, 3.8) is 0 Å². The average molecular weight is 310 g/mol. The van der Waals surface area contributed by atoms with E-state index in [1.807, 2.05) is 19.0 Å². The van der Waals surface area contributed by atoms with Crippen molar-refractivity contribution in [3.05, 3.63) is 33.1 Å². The van der Waals surface area contributed by atoms with Gasteiger partial charge in [0.05, 0.1) is 0 Å². The molecule has 0 bridgehead atoms. The van der Waals surface area contributed by atoms with Crippen molar-refractivity contribution in [1.82, 2.24) is 19.4 Å². The standard InChI is InChI=1S/C15H26N4O3/c1-11(2)8-12(9-17(3)4)16-13(20)10-19-7-6-14(21)18(5)15(19)22/h6-7,11-12H,8-10H2,1-5H3,(H,16,20). The van der Waals surface area contributed by atoms with E-state index in [-0.39, 0.29) is 24.1 Å². The summed E-state index contributed by atoms with van der Waals surface area (Å²) < 4.78 is 2.22. The molecule has 1 heterocycles. The van der Waals surface area contributed by atoms with Crippen LogP contribution in [0.4, 0.5) is 0 Å². The van der Waals surface area contributed by atoms with E-state index >= 15 is 0 Å². The summed E-state index contributed by atoms with van der Waals surface area (Å²) >= 11 is 0. The number of nitrogens with zero attached hydrogens (tertiary/aromatic N) is 3. The van der Waals surface area contributed by atoms with Crippen molar-refractivity contribution in [1.29, 1.82) is 0 Å². The Kier molecular flexibility index (Phi) is 6.55. The van der Waals surface area contributed by atoms with Crippen molar-refractivity contribution in [2.75, 3.05) is 20.6 Å². The second kappa shape index (κ2) is 7.93. The predicted molar refractivity (Wildman–Crippen MR) is 85.9 cm³/mol. The van der Waals surface area contributed by atoms with E-state index < -0.39 is 5.69 Å². The maximum Gasteiger partial charge on any atom is 0.331 e. The molecule has 1 unspecified atom stereocenters. The van der Waals surface area contributed by atoms with Gasteiger partial charge in [0.2, 0.25) is 5.91 Å². The van der Waals surface area contributed by atoms with Gasteiger partial charge in [-0.2, -0.15) is 0 Å². The first-order valence-electron chi connectivity index (χ1n) is 7.41. The monoisotopic (exact) mass is 310 g/mol. The molecule has 1 rings (SSSR count). The average Bonchev–Trinajstić information content (AvgIpc) is 2.38. The SMILES string of the molecule is CC(C)CC(CN(C)C)NC(=O)Cn1ccc(=O)n(C)c1=O. The van der Waals surface area contributed by atoms with E-state index in [0.717, 1.165) is 17.5 Å². The highest BCUT2D eigenvalue weighted by Crippen LogP contribution is 2.05. The van der Waals surface area contributed by atoms with E-state index in [9.17, 15) is 14.4 Å². The van der Waals surface area contributed by atoms with Crippen LogP contribution in [-0.2, 0) is 18.4 Å². The van der Waals surface area contributed by atoms with Gasteiger partial charge in [-0.3, -0.25) is 18.7 Å². The molecule has 0 fully saturated rings. The van der Waals surface area contributed by atoms with Crippen LogP contribution in [0.2, 0.25) is 0 Å². The molecule has 22 heavy (non-hydrogen) atoms. The van der Waals surface area contributed by atoms with E-state index in [1.165, 1.54) is 23.9 Å². The Morgan fingerprint density at radius 1 is 1.32 bits per heavy atom. The summed E-state index contributed by atoms with van der Waals surface area (Å²) in [5.41, 5.74) is -0.873. The highest BCUT2D eigenvalue weighted by molar-refractivity contribution is 5.76. The fraction of sp³-hybridized carbons (Fsp3) is 0.667. The second-order valence-electron chi connectivity index (χ2n) is 6.28. The highest BCUT2D eigenvalue weighted by Gasteiger charge is 2.16. The first-order valence-corrected chi connectivity index (χ1v) is 7.41. The topological polar surface area (TPSA) is 76.3 Å². The Morgan fingerprint density at radius 2 is 1.95 bits per heavy atom. The number of hydrogen-bond acceptors (Lipinski definition) is 4. The van der Waals surface area contributed by atoms with E-state index in [0.29, 0.717) is 5.92 Å². The Bertz CT molecular complexity index is 606. The van der Waals surface area contributed by atoms with Crippen LogP contribution in [-0.4, -0.2) is 46.6 Å². The van der Waals surface area contributed by atoms with Crippen LogP contribution >= 0.6 is 0 Å². The van der Waals surface area contributed by atoms with Crippen LogP contribution in [0.15, 0.2) is 21.9 Å². The van der Waals surface area contributed by atoms with Gasteiger partial charge >= 0.3 is 5.69 Å². The maximum atomic E-state index is 12.2. The predicted octanol–water partition coefficient (Wildman–Crippen LogP) is -0.360. The van der Waals surface area contributed by atoms with Gasteiger partial charge in [0, 0.05) is 31.9 Å². The van der Waals surface area contributed by atoms with Crippen LogP contribution in [0.5, 0.6) is 0 Å². The Balaban J connectivity index is 2.77. The number of hydrogen-bond donors (Lipinski definition) is 1. The zero-order chi connectivity index (χ0) is 16.9. The number of amides is 1. The van der Waals surface area contributed by atoms with Crippen LogP contribution in [0.1, 0.15) is 20.3 Å². The van der Waals surface area contributed by atoms with Gasteiger partial charge in [-0.15, -0.1) is 0 Å². The van der Waals surface area contributed by atoms with Crippen molar-refractivity contribution >= 4 is 5.91 Å². The molecule has 0 radical (unpaired) electrons. The third-order valence-electron chi connectivity index (χ3n) is 3.28. The molecule has 1 amide bonds. The van der Waals surface area contributed by atoms with E-state index in [2.05, 4.69) is 19.2 Å². The molecule has 7 heteroatoms. The Hall–Kier alpha value is -1.89. The Labute approximate surface area is 130 Å². The van der Waals surface area contributed by atoms with Crippen LogP contribution in [0.3, 0.4) is 0 Å². The fourth-order valence-corrected chi connectivity index (χ4v) is 2.35. The summed E-state index contributed by atoms with van der Waals surface area (Å²) in [5, 5.41) is 2.96. The molecular weight excluding hydrogens is 284 g/mol. The summed E-state index contributed by atoms with van der Waals surface area (Å²) in [6.45, 7) is 4.86. The molecule has 0 saturated carbocycles. The van der Waals surface area contributed by atoms with Gasteiger partial charge in [-0.25, -0.2) is 4.79 Å². The number of rotatable bonds is 7. The van der Waals surface area contributed by atoms with Gasteiger partial charge in [0.15, 0.2) is 0 Å². The van der Waals surface area contributed by atoms with Crippen LogP contribution < -0.4 is 16.6 Å². The lowest BCUT2D eigenvalue weighted by Gasteiger charge is -2.24. The third kappa shape index (κ3) is 5.48. The van der Waals surface area contributed by atoms with Gasteiger partial charge in [-0.05, 0) is 26.4 Å². The molecule has 1 aromatic heterocycles. The molecule has 1 aromatic rings. The lowest BCUT2D eigenvalue weighted by molar-refractivity contribution is -0.122. The van der Waals surface area contributed by atoms with Gasteiger partial charge in [-0.1, -0.05) is 13.8 Å². The highest BCUT2D eigenvalue weighted by atomic mass is 16.2. The molecule has 1 N–H and O–H groups in total. The van der Waals surface area contributed by atoms with Gasteiger partial charge < -0.3 is 10.2 Å². The van der Waals surface area contributed by atoms with E-state index in [1.54, 1.807) is 0 Å². The molecule has 0 aromatic carbocycles. The first-order chi connectivity index (χ1) is 10.2. The number of nitrogens with one attached hydrogen (secondary N) is 1. The molecule has 0 aliphatic carbocycles. The van der Waals surface area contributed by atoms with Crippen LogP contribution in [0.25, 0.3) is 0 Å². The lowest BCUT2D eigenvalue weighted by Crippen LogP contribution is -2.46. The van der Waals surface area contributed by atoms with Gasteiger partial charge in [0.1, 0.15) is 6.54 Å². The van der Waals surface area contributed by atoms with Crippen molar-refractivity contribution in [2.45, 2.75) is 32.9 Å². The van der Waals surface area contributed by atoms with Crippen molar-refractivity contribution < 1.29 is 4.79 Å². The molecule has 0 spiro atoms. The minimum Gasteiger partial charge on any atom is -0.351 e. The number of likely N-dealkylation sites (N-methyl/N-ethyl adjacent to an activating group) is 1. The molecule has 0 aliphatic heterocycles. The molecule has 1 atom stereocenters. The summed E-state index contributed by atoms with van der Waals surface area (Å²) in [6, 6.07) is 1.31. The molecule has 124 valence electrons. The fourth-order valence-electron chi connectivity index (χ4n) is 2.35. The summed E-state index contributed by atoms with van der Waals surface area (Å²) in [4.78, 5) is 37.4. The smallest absolute Gasteiger partial charge is 0.331 e. The maximum absolute atomic E-state index is 12.2. The first kappa shape index (κ1) is 18.2. The Morgan fingerprint density at radius 3 is 2.50 bits per heavy atom. The van der Waals surface area contributed by atoms with E-state index in [4.69, 9.17) is 0 Å². The van der Waals surface area contributed by atoms with Gasteiger partial charge in [0.25, 0.3) is 5.56 Å². The third-order valence-corrected chi connectivity index (χ3v) is 3.28. The normalized spacial score (nSPS) is 12.7. The molecule has 0 aliphatic rings.